The molecule has 2 aromatic heterocycles. The number of unbranched alkanes of at least 4 members (excludes halogenated alkanes) is 3. The molecule has 6 nitrogen and oxygen atoms in total. The molecule has 0 unspecified atom stereocenters. The van der Waals surface area contributed by atoms with Crippen LogP contribution in [0.2, 0.25) is 0 Å². The van der Waals surface area contributed by atoms with Gasteiger partial charge in [0, 0.05) is 10.9 Å². The smallest absolute Gasteiger partial charge is 0.326 e. The maximum absolute atomic E-state index is 13.2. The Bertz CT molecular complexity index is 1040. The van der Waals surface area contributed by atoms with Crippen LogP contribution in [-0.2, 0) is 16.1 Å². The Morgan fingerprint density at radius 2 is 1.93 bits per heavy atom. The van der Waals surface area contributed by atoms with E-state index in [4.69, 9.17) is 9.47 Å². The van der Waals surface area contributed by atoms with E-state index in [1.165, 1.54) is 15.9 Å². The second kappa shape index (κ2) is 9.69. The zero-order chi connectivity index (χ0) is 20.8. The lowest BCUT2D eigenvalue weighted by molar-refractivity contribution is -0.144. The second-order valence-corrected chi connectivity index (χ2v) is 7.75. The third-order valence-electron chi connectivity index (χ3n) is 4.83. The second-order valence-electron chi connectivity index (χ2n) is 6.89. The molecule has 0 atom stereocenters. The monoisotopic (exact) mass is 414 g/mol. The molecule has 0 fully saturated rings. The number of methoxy groups -OCH3 is 1. The third kappa shape index (κ3) is 4.85. The summed E-state index contributed by atoms with van der Waals surface area (Å²) in [7, 11) is 1.61. The number of fused-ring (bicyclic) bond motifs is 1. The van der Waals surface area contributed by atoms with Crippen molar-refractivity contribution in [1.82, 2.24) is 9.55 Å². The number of ether oxygens (including phenoxy) is 2. The Kier molecular flexibility index (Phi) is 7.04. The maximum atomic E-state index is 13.2. The molecule has 0 saturated heterocycles. The molecular formula is C22H26N2O4S. The Morgan fingerprint density at radius 1 is 1.17 bits per heavy atom. The average molecular weight is 415 g/mol. The van der Waals surface area contributed by atoms with Gasteiger partial charge in [-0.3, -0.25) is 14.2 Å². The molecule has 7 heteroatoms. The minimum atomic E-state index is -0.408. The molecule has 0 radical (unpaired) electrons. The Balaban J connectivity index is 1.85. The first kappa shape index (κ1) is 21.0. The normalized spacial score (nSPS) is 11.0. The fourth-order valence-electron chi connectivity index (χ4n) is 3.18. The van der Waals surface area contributed by atoms with E-state index in [-0.39, 0.29) is 12.1 Å². The molecule has 3 rings (SSSR count). The molecule has 0 saturated carbocycles. The Hall–Kier alpha value is -2.67. The van der Waals surface area contributed by atoms with Crippen LogP contribution in [0.25, 0.3) is 21.3 Å². The Morgan fingerprint density at radius 3 is 2.62 bits per heavy atom. The highest BCUT2D eigenvalue weighted by atomic mass is 32.1. The summed E-state index contributed by atoms with van der Waals surface area (Å²) < 4.78 is 11.9. The van der Waals surface area contributed by atoms with Crippen molar-refractivity contribution in [3.63, 3.8) is 0 Å². The van der Waals surface area contributed by atoms with Gasteiger partial charge >= 0.3 is 5.97 Å². The summed E-state index contributed by atoms with van der Waals surface area (Å²) in [4.78, 5) is 30.6. The number of nitrogens with zero attached hydrogens (tertiary/aromatic N) is 2. The van der Waals surface area contributed by atoms with Crippen LogP contribution in [0.5, 0.6) is 5.75 Å². The van der Waals surface area contributed by atoms with Gasteiger partial charge in [-0.1, -0.05) is 38.3 Å². The van der Waals surface area contributed by atoms with E-state index in [0.29, 0.717) is 22.6 Å². The highest BCUT2D eigenvalue weighted by Gasteiger charge is 2.17. The number of carbonyl (C=O) groups is 1. The third-order valence-corrected chi connectivity index (χ3v) is 5.71. The predicted molar refractivity (Wildman–Crippen MR) is 116 cm³/mol. The summed E-state index contributed by atoms with van der Waals surface area (Å²) in [5.74, 6) is 0.851. The van der Waals surface area contributed by atoms with Gasteiger partial charge in [0.05, 0.1) is 19.1 Å². The van der Waals surface area contributed by atoms with Gasteiger partial charge in [-0.2, -0.15) is 0 Å². The van der Waals surface area contributed by atoms with Crippen molar-refractivity contribution in [2.45, 2.75) is 46.1 Å². The minimum Gasteiger partial charge on any atom is -0.497 e. The highest BCUT2D eigenvalue weighted by Crippen LogP contribution is 2.31. The molecule has 0 amide bonds. The summed E-state index contributed by atoms with van der Waals surface area (Å²) >= 11 is 1.42. The quantitative estimate of drug-likeness (QED) is 0.379. The number of aromatic nitrogens is 2. The summed E-state index contributed by atoms with van der Waals surface area (Å²) in [5.41, 5.74) is 1.50. The fourth-order valence-corrected chi connectivity index (χ4v) is 4.17. The average Bonchev–Trinajstić information content (AvgIpc) is 3.15. The fraction of sp³-hybridized carbons (Fsp3) is 0.409. The van der Waals surface area contributed by atoms with E-state index < -0.39 is 5.97 Å². The number of aryl methyl sites for hydroxylation is 1. The molecule has 29 heavy (non-hydrogen) atoms. The largest absolute Gasteiger partial charge is 0.497 e. The summed E-state index contributed by atoms with van der Waals surface area (Å²) in [5, 5.41) is 2.46. The SMILES string of the molecule is CCCCCCOC(=O)Cn1c(C)nc2scc(-c3ccc(OC)cc3)c2c1=O. The van der Waals surface area contributed by atoms with E-state index in [9.17, 15) is 9.59 Å². The first-order chi connectivity index (χ1) is 14.0. The molecule has 0 aliphatic heterocycles. The number of hydrogen-bond donors (Lipinski definition) is 0. The summed E-state index contributed by atoms with van der Waals surface area (Å²) in [6.07, 6.45) is 4.14. The van der Waals surface area contributed by atoms with E-state index in [1.54, 1.807) is 14.0 Å². The molecular weight excluding hydrogens is 388 g/mol. The van der Waals surface area contributed by atoms with Crippen LogP contribution in [0.1, 0.15) is 38.4 Å². The van der Waals surface area contributed by atoms with Crippen molar-refractivity contribution in [2.24, 2.45) is 0 Å². The van der Waals surface area contributed by atoms with Crippen LogP contribution in [0.15, 0.2) is 34.4 Å². The van der Waals surface area contributed by atoms with Gasteiger partial charge in [-0.25, -0.2) is 4.98 Å². The molecule has 0 aliphatic rings. The zero-order valence-electron chi connectivity index (χ0n) is 17.1. The minimum absolute atomic E-state index is 0.126. The van der Waals surface area contributed by atoms with Gasteiger partial charge in [-0.05, 0) is 31.0 Å². The van der Waals surface area contributed by atoms with Crippen molar-refractivity contribution in [1.29, 1.82) is 0 Å². The summed E-state index contributed by atoms with van der Waals surface area (Å²) in [6, 6.07) is 7.53. The van der Waals surface area contributed by atoms with E-state index in [2.05, 4.69) is 11.9 Å². The first-order valence-electron chi connectivity index (χ1n) is 9.83. The topological polar surface area (TPSA) is 70.4 Å². The van der Waals surface area contributed by atoms with Crippen molar-refractivity contribution in [2.75, 3.05) is 13.7 Å². The van der Waals surface area contributed by atoms with Gasteiger partial charge in [0.1, 0.15) is 22.9 Å². The van der Waals surface area contributed by atoms with Gasteiger partial charge in [0.25, 0.3) is 5.56 Å². The van der Waals surface area contributed by atoms with Crippen LogP contribution < -0.4 is 10.3 Å². The number of carbonyl (C=O) groups excluding carboxylic acids is 1. The van der Waals surface area contributed by atoms with Gasteiger partial charge in [-0.15, -0.1) is 11.3 Å². The zero-order valence-corrected chi connectivity index (χ0v) is 17.9. The number of hydrogen-bond acceptors (Lipinski definition) is 6. The number of benzene rings is 1. The Labute approximate surface area is 174 Å². The van der Waals surface area contributed by atoms with Gasteiger partial charge < -0.3 is 9.47 Å². The van der Waals surface area contributed by atoms with Crippen LogP contribution in [0.4, 0.5) is 0 Å². The molecule has 2 heterocycles. The molecule has 0 N–H and O–H groups in total. The van der Waals surface area contributed by atoms with Gasteiger partial charge in [0.2, 0.25) is 0 Å². The molecule has 0 aliphatic carbocycles. The van der Waals surface area contributed by atoms with Crippen molar-refractivity contribution in [3.05, 3.63) is 45.8 Å². The maximum Gasteiger partial charge on any atom is 0.326 e. The summed E-state index contributed by atoms with van der Waals surface area (Å²) in [6.45, 7) is 4.13. The van der Waals surface area contributed by atoms with Gasteiger partial charge in [0.15, 0.2) is 0 Å². The lowest BCUT2D eigenvalue weighted by Crippen LogP contribution is -2.28. The molecule has 0 bridgehead atoms. The van der Waals surface area contributed by atoms with Crippen molar-refractivity contribution in [3.8, 4) is 16.9 Å². The molecule has 0 spiro atoms. The van der Waals surface area contributed by atoms with Crippen LogP contribution in [0, 0.1) is 6.92 Å². The van der Waals surface area contributed by atoms with Crippen molar-refractivity contribution < 1.29 is 14.3 Å². The molecule has 3 aromatic rings. The van der Waals surface area contributed by atoms with Crippen LogP contribution in [0.3, 0.4) is 0 Å². The molecule has 1 aromatic carbocycles. The highest BCUT2D eigenvalue weighted by molar-refractivity contribution is 7.17. The standard InChI is InChI=1S/C22H26N2O4S/c1-4-5-6-7-12-28-19(25)13-24-15(2)23-21-20(22(24)26)18(14-29-21)16-8-10-17(27-3)11-9-16/h8-11,14H,4-7,12-13H2,1-3H3. The van der Waals surface area contributed by atoms with E-state index in [1.807, 2.05) is 29.6 Å². The first-order valence-corrected chi connectivity index (χ1v) is 10.7. The molecule has 154 valence electrons. The van der Waals surface area contributed by atoms with Crippen LogP contribution >= 0.6 is 11.3 Å². The lowest BCUT2D eigenvalue weighted by atomic mass is 10.1. The number of rotatable bonds is 9. The lowest BCUT2D eigenvalue weighted by Gasteiger charge is -2.10. The number of esters is 1. The van der Waals surface area contributed by atoms with Crippen molar-refractivity contribution >= 4 is 27.5 Å². The predicted octanol–water partition coefficient (Wildman–Crippen LogP) is 4.57. The van der Waals surface area contributed by atoms with E-state index in [0.717, 1.165) is 42.6 Å². The van der Waals surface area contributed by atoms with E-state index >= 15 is 0 Å². The number of thiophene rings is 1. The van der Waals surface area contributed by atoms with Crippen LogP contribution in [-0.4, -0.2) is 29.2 Å².